The second-order valence-corrected chi connectivity index (χ2v) is 2.00. The van der Waals surface area contributed by atoms with Crippen molar-refractivity contribution in [3.63, 3.8) is 0 Å². The number of hydrogen-bond donors (Lipinski definition) is 0. The minimum absolute atomic E-state index is 1.16. The highest BCUT2D eigenvalue weighted by atomic mass is 16.3. The van der Waals surface area contributed by atoms with Crippen molar-refractivity contribution in [1.29, 1.82) is 0 Å². The summed E-state index contributed by atoms with van der Waals surface area (Å²) in [6, 6.07) is 8.05. The predicted octanol–water partition coefficient (Wildman–Crippen LogP) is 2.43. The van der Waals surface area contributed by atoms with Gasteiger partial charge >= 0.3 is 0 Å². The van der Waals surface area contributed by atoms with Crippen LogP contribution in [0.5, 0.6) is 0 Å². The third kappa shape index (κ3) is 0.617. The van der Waals surface area contributed by atoms with Crippen molar-refractivity contribution in [2.24, 2.45) is 0 Å². The van der Waals surface area contributed by atoms with Gasteiger partial charge in [0, 0.05) is 10.8 Å². The summed E-state index contributed by atoms with van der Waals surface area (Å²) in [5.74, 6) is 0. The van der Waals surface area contributed by atoms with E-state index in [9.17, 15) is 0 Å². The number of benzene rings is 1. The van der Waals surface area contributed by atoms with Crippen LogP contribution in [0.1, 0.15) is 0 Å². The second-order valence-electron chi connectivity index (χ2n) is 2.00. The first-order valence-corrected chi connectivity index (χ1v) is 2.88. The van der Waals surface area contributed by atoms with E-state index in [4.69, 9.17) is 4.42 Å². The van der Waals surface area contributed by atoms with Gasteiger partial charge in [0.05, 0.1) is 12.5 Å². The minimum atomic E-state index is 1.16. The van der Waals surface area contributed by atoms with Gasteiger partial charge in [-0.05, 0) is 0 Å². The van der Waals surface area contributed by atoms with Crippen LogP contribution in [-0.4, -0.2) is 0 Å². The average molecular weight is 118 g/mol. The molecule has 0 unspecified atom stereocenters. The highest BCUT2D eigenvalue weighted by Crippen LogP contribution is 2.12. The first-order chi connectivity index (χ1) is 4.47. The zero-order chi connectivity index (χ0) is 6.10. The summed E-state index contributed by atoms with van der Waals surface area (Å²) in [4.78, 5) is 0. The van der Waals surface area contributed by atoms with Gasteiger partial charge in [0.15, 0.2) is 0 Å². The van der Waals surface area contributed by atoms with Crippen LogP contribution in [-0.2, 0) is 0 Å². The van der Waals surface area contributed by atoms with E-state index in [1.807, 2.05) is 24.3 Å². The van der Waals surface area contributed by atoms with E-state index in [0.717, 1.165) is 10.8 Å². The topological polar surface area (TPSA) is 13.1 Å². The molecule has 0 saturated heterocycles. The molecule has 0 N–H and O–H groups in total. The maximum absolute atomic E-state index is 4.96. The van der Waals surface area contributed by atoms with E-state index < -0.39 is 0 Å². The first kappa shape index (κ1) is 4.62. The van der Waals surface area contributed by atoms with Crippen LogP contribution < -0.4 is 0 Å². The van der Waals surface area contributed by atoms with Gasteiger partial charge in [0.2, 0.25) is 0 Å². The Morgan fingerprint density at radius 1 is 0.889 bits per heavy atom. The molecule has 0 aliphatic carbocycles. The SMILES string of the molecule is c1ccc2cocc2c1. The molecule has 0 amide bonds. The molecule has 0 atom stereocenters. The average Bonchev–Trinajstić information content (AvgIpc) is 2.33. The fourth-order valence-corrected chi connectivity index (χ4v) is 0.906. The van der Waals surface area contributed by atoms with Gasteiger partial charge in [-0.3, -0.25) is 0 Å². The summed E-state index contributed by atoms with van der Waals surface area (Å²) in [5.41, 5.74) is 0. The Balaban J connectivity index is 2.95. The van der Waals surface area contributed by atoms with Crippen molar-refractivity contribution >= 4 is 10.8 Å². The Morgan fingerprint density at radius 3 is 2.00 bits per heavy atom. The molecule has 0 saturated carbocycles. The predicted molar refractivity (Wildman–Crippen MR) is 36.2 cm³/mol. The lowest BCUT2D eigenvalue weighted by Crippen LogP contribution is -1.57. The van der Waals surface area contributed by atoms with Gasteiger partial charge in [0.25, 0.3) is 0 Å². The van der Waals surface area contributed by atoms with E-state index in [-0.39, 0.29) is 0 Å². The summed E-state index contributed by atoms with van der Waals surface area (Å²) in [6.07, 6.45) is 3.49. The monoisotopic (exact) mass is 118 g/mol. The number of rotatable bonds is 0. The van der Waals surface area contributed by atoms with Crippen LogP contribution in [0.2, 0.25) is 0 Å². The largest absolute Gasteiger partial charge is 0.471 e. The minimum Gasteiger partial charge on any atom is -0.471 e. The molecule has 0 radical (unpaired) electrons. The van der Waals surface area contributed by atoms with Crippen LogP contribution in [0.4, 0.5) is 0 Å². The molecule has 0 fully saturated rings. The lowest BCUT2D eigenvalue weighted by atomic mass is 10.2. The summed E-state index contributed by atoms with van der Waals surface area (Å²) < 4.78 is 4.96. The van der Waals surface area contributed by atoms with Gasteiger partial charge in [-0.2, -0.15) is 0 Å². The van der Waals surface area contributed by atoms with Crippen molar-refractivity contribution in [3.8, 4) is 0 Å². The molecule has 1 nitrogen and oxygen atoms in total. The van der Waals surface area contributed by atoms with E-state index in [0.29, 0.717) is 0 Å². The summed E-state index contributed by atoms with van der Waals surface area (Å²) in [5, 5.41) is 2.33. The van der Waals surface area contributed by atoms with Crippen molar-refractivity contribution < 1.29 is 4.42 Å². The zero-order valence-electron chi connectivity index (χ0n) is 4.87. The molecule has 0 aliphatic rings. The molecule has 0 aliphatic heterocycles. The molecule has 0 spiro atoms. The van der Waals surface area contributed by atoms with E-state index in [1.165, 1.54) is 0 Å². The highest BCUT2D eigenvalue weighted by molar-refractivity contribution is 5.80. The molecular weight excluding hydrogens is 112 g/mol. The molecule has 0 bridgehead atoms. The van der Waals surface area contributed by atoms with Gasteiger partial charge in [-0.15, -0.1) is 0 Å². The maximum Gasteiger partial charge on any atom is 0.0981 e. The van der Waals surface area contributed by atoms with Crippen molar-refractivity contribution in [1.82, 2.24) is 0 Å². The molecular formula is C8H6O. The molecule has 1 aromatic carbocycles. The van der Waals surface area contributed by atoms with Gasteiger partial charge in [-0.1, -0.05) is 24.3 Å². The molecule has 1 heterocycles. The fourth-order valence-electron chi connectivity index (χ4n) is 0.906. The Kier molecular flexibility index (Phi) is 0.833. The van der Waals surface area contributed by atoms with Crippen LogP contribution >= 0.6 is 0 Å². The molecule has 1 heteroatoms. The zero-order valence-corrected chi connectivity index (χ0v) is 4.87. The Bertz CT molecular complexity index is 279. The molecule has 2 aromatic rings. The quantitative estimate of drug-likeness (QED) is 0.517. The third-order valence-corrected chi connectivity index (χ3v) is 1.39. The molecule has 1 aromatic heterocycles. The van der Waals surface area contributed by atoms with E-state index in [1.54, 1.807) is 12.5 Å². The molecule has 9 heavy (non-hydrogen) atoms. The van der Waals surface area contributed by atoms with Crippen molar-refractivity contribution in [3.05, 3.63) is 36.8 Å². The van der Waals surface area contributed by atoms with Crippen LogP contribution in [0, 0.1) is 0 Å². The Labute approximate surface area is 52.9 Å². The molecule has 44 valence electrons. The summed E-state index contributed by atoms with van der Waals surface area (Å²) in [7, 11) is 0. The summed E-state index contributed by atoms with van der Waals surface area (Å²) >= 11 is 0. The highest BCUT2D eigenvalue weighted by Gasteiger charge is 1.89. The first-order valence-electron chi connectivity index (χ1n) is 2.88. The van der Waals surface area contributed by atoms with Crippen molar-refractivity contribution in [2.45, 2.75) is 0 Å². The normalized spacial score (nSPS) is 10.2. The van der Waals surface area contributed by atoms with Crippen LogP contribution in [0.3, 0.4) is 0 Å². The smallest absolute Gasteiger partial charge is 0.0981 e. The number of hydrogen-bond acceptors (Lipinski definition) is 1. The van der Waals surface area contributed by atoms with Gasteiger partial charge < -0.3 is 4.42 Å². The third-order valence-electron chi connectivity index (χ3n) is 1.39. The lowest BCUT2D eigenvalue weighted by Gasteiger charge is -1.80. The van der Waals surface area contributed by atoms with E-state index in [2.05, 4.69) is 0 Å². The van der Waals surface area contributed by atoms with Gasteiger partial charge in [0.1, 0.15) is 0 Å². The number of furan rings is 1. The van der Waals surface area contributed by atoms with Crippen LogP contribution in [0.25, 0.3) is 10.8 Å². The second kappa shape index (κ2) is 1.62. The summed E-state index contributed by atoms with van der Waals surface area (Å²) in [6.45, 7) is 0. The van der Waals surface area contributed by atoms with Crippen molar-refractivity contribution in [2.75, 3.05) is 0 Å². The number of fused-ring (bicyclic) bond motifs is 1. The van der Waals surface area contributed by atoms with E-state index >= 15 is 0 Å². The van der Waals surface area contributed by atoms with Crippen LogP contribution in [0.15, 0.2) is 41.2 Å². The Morgan fingerprint density at radius 2 is 1.44 bits per heavy atom. The maximum atomic E-state index is 4.96. The standard InChI is InChI=1S/C8H6O/c1-2-4-8-6-9-5-7(8)3-1/h1-6H. The van der Waals surface area contributed by atoms with Gasteiger partial charge in [-0.25, -0.2) is 0 Å². The Hall–Kier alpha value is -1.24. The fraction of sp³-hybridized carbons (Fsp3) is 0. The lowest BCUT2D eigenvalue weighted by molar-refractivity contribution is 0.572. The molecule has 2 rings (SSSR count).